The minimum atomic E-state index is -4.53. The smallest absolute Gasteiger partial charge is 0.418 e. The van der Waals surface area contributed by atoms with Crippen molar-refractivity contribution < 1.29 is 27.4 Å². The van der Waals surface area contributed by atoms with Crippen LogP contribution in [0.1, 0.15) is 28.8 Å². The Bertz CT molecular complexity index is 790. The standard InChI is InChI=1S/C19H19F3N2O3/c20-19(21,22)15-8-2-3-9-16(15)23-24-18(25)14-7-1-4-10-17(14)27-12-13-6-5-11-26-13/h1-4,7-10,13,23H,5-6,11-12H2,(H,24,25). The second kappa shape index (κ2) is 8.30. The number of benzene rings is 2. The van der Waals surface area contributed by atoms with Gasteiger partial charge < -0.3 is 9.47 Å². The number of carbonyl (C=O) groups is 1. The van der Waals surface area contributed by atoms with Crippen LogP contribution in [0.4, 0.5) is 18.9 Å². The molecule has 1 unspecified atom stereocenters. The molecule has 3 rings (SSSR count). The molecular formula is C19H19F3N2O3. The Morgan fingerprint density at radius 2 is 1.89 bits per heavy atom. The maximum atomic E-state index is 13.0. The third kappa shape index (κ3) is 4.91. The number of carbonyl (C=O) groups excluding carboxylic acids is 1. The van der Waals surface area contributed by atoms with Crippen molar-refractivity contribution in [3.8, 4) is 5.75 Å². The summed E-state index contributed by atoms with van der Waals surface area (Å²) >= 11 is 0. The maximum Gasteiger partial charge on any atom is 0.418 e. The van der Waals surface area contributed by atoms with Gasteiger partial charge in [-0.05, 0) is 37.1 Å². The molecule has 1 atom stereocenters. The van der Waals surface area contributed by atoms with Crippen LogP contribution in [0.2, 0.25) is 0 Å². The zero-order valence-electron chi connectivity index (χ0n) is 14.4. The summed E-state index contributed by atoms with van der Waals surface area (Å²) in [5.74, 6) is -0.258. The van der Waals surface area contributed by atoms with Crippen molar-refractivity contribution in [3.63, 3.8) is 0 Å². The van der Waals surface area contributed by atoms with E-state index in [1.807, 2.05) is 0 Å². The van der Waals surface area contributed by atoms with E-state index in [2.05, 4.69) is 10.9 Å². The van der Waals surface area contributed by atoms with E-state index in [9.17, 15) is 18.0 Å². The Morgan fingerprint density at radius 1 is 1.15 bits per heavy atom. The molecule has 2 N–H and O–H groups in total. The molecular weight excluding hydrogens is 361 g/mol. The number of para-hydroxylation sites is 2. The van der Waals surface area contributed by atoms with Gasteiger partial charge in [0, 0.05) is 6.61 Å². The normalized spacial score (nSPS) is 16.8. The van der Waals surface area contributed by atoms with Gasteiger partial charge >= 0.3 is 6.18 Å². The van der Waals surface area contributed by atoms with Crippen molar-refractivity contribution in [1.82, 2.24) is 5.43 Å². The van der Waals surface area contributed by atoms with Crippen LogP contribution in [0.5, 0.6) is 5.75 Å². The molecule has 1 aliphatic rings. The van der Waals surface area contributed by atoms with E-state index in [-0.39, 0.29) is 17.4 Å². The van der Waals surface area contributed by atoms with Gasteiger partial charge in [0.1, 0.15) is 12.4 Å². The molecule has 144 valence electrons. The Balaban J connectivity index is 1.67. The predicted octanol–water partition coefficient (Wildman–Crippen LogP) is 4.02. The minimum absolute atomic E-state index is 0.0158. The number of anilines is 1. The van der Waals surface area contributed by atoms with Gasteiger partial charge in [-0.1, -0.05) is 24.3 Å². The molecule has 27 heavy (non-hydrogen) atoms. The van der Waals surface area contributed by atoms with E-state index >= 15 is 0 Å². The molecule has 0 aromatic heterocycles. The molecule has 2 aromatic rings. The first-order chi connectivity index (χ1) is 12.9. The van der Waals surface area contributed by atoms with Crippen LogP contribution in [-0.2, 0) is 10.9 Å². The lowest BCUT2D eigenvalue weighted by Crippen LogP contribution is -2.31. The van der Waals surface area contributed by atoms with Crippen molar-refractivity contribution in [3.05, 3.63) is 59.7 Å². The van der Waals surface area contributed by atoms with Gasteiger partial charge in [-0.2, -0.15) is 13.2 Å². The number of hydrogen-bond acceptors (Lipinski definition) is 4. The van der Waals surface area contributed by atoms with Crippen LogP contribution in [0.3, 0.4) is 0 Å². The molecule has 1 amide bonds. The van der Waals surface area contributed by atoms with Crippen molar-refractivity contribution in [2.75, 3.05) is 18.6 Å². The number of amides is 1. The van der Waals surface area contributed by atoms with E-state index in [1.165, 1.54) is 24.3 Å². The molecule has 1 fully saturated rings. The van der Waals surface area contributed by atoms with Gasteiger partial charge in [0.2, 0.25) is 0 Å². The largest absolute Gasteiger partial charge is 0.490 e. The Hall–Kier alpha value is -2.74. The van der Waals surface area contributed by atoms with Gasteiger partial charge in [0.05, 0.1) is 22.9 Å². The summed E-state index contributed by atoms with van der Waals surface area (Å²) in [6, 6.07) is 11.4. The monoisotopic (exact) mass is 380 g/mol. The Labute approximate surface area is 154 Å². The first kappa shape index (κ1) is 19.0. The number of hydrogen-bond donors (Lipinski definition) is 2. The number of rotatable bonds is 6. The van der Waals surface area contributed by atoms with E-state index in [4.69, 9.17) is 9.47 Å². The summed E-state index contributed by atoms with van der Waals surface area (Å²) in [5.41, 5.74) is 3.75. The topological polar surface area (TPSA) is 59.6 Å². The number of ether oxygens (including phenoxy) is 2. The lowest BCUT2D eigenvalue weighted by molar-refractivity contribution is -0.137. The Morgan fingerprint density at radius 3 is 2.63 bits per heavy atom. The molecule has 0 aliphatic carbocycles. The van der Waals surface area contributed by atoms with Crippen molar-refractivity contribution >= 4 is 11.6 Å². The molecule has 5 nitrogen and oxygen atoms in total. The predicted molar refractivity (Wildman–Crippen MR) is 93.4 cm³/mol. The van der Waals surface area contributed by atoms with Crippen molar-refractivity contribution in [1.29, 1.82) is 0 Å². The summed E-state index contributed by atoms with van der Waals surface area (Å²) < 4.78 is 50.2. The summed E-state index contributed by atoms with van der Waals surface area (Å²) in [6.07, 6.45) is -2.68. The van der Waals surface area contributed by atoms with Gasteiger partial charge in [0.25, 0.3) is 5.91 Å². The lowest BCUT2D eigenvalue weighted by Gasteiger charge is -2.17. The highest BCUT2D eigenvalue weighted by Gasteiger charge is 2.33. The summed E-state index contributed by atoms with van der Waals surface area (Å²) in [4.78, 5) is 12.4. The van der Waals surface area contributed by atoms with Crippen LogP contribution in [0, 0.1) is 0 Å². The zero-order chi connectivity index (χ0) is 19.3. The maximum absolute atomic E-state index is 13.0. The number of halogens is 3. The van der Waals surface area contributed by atoms with E-state index < -0.39 is 17.6 Å². The first-order valence-electron chi connectivity index (χ1n) is 8.51. The molecule has 8 heteroatoms. The van der Waals surface area contributed by atoms with Crippen LogP contribution in [-0.4, -0.2) is 25.2 Å². The molecule has 0 spiro atoms. The highest BCUT2D eigenvalue weighted by molar-refractivity contribution is 5.97. The fourth-order valence-electron chi connectivity index (χ4n) is 2.77. The molecule has 0 bridgehead atoms. The van der Waals surface area contributed by atoms with Gasteiger partial charge in [-0.25, -0.2) is 0 Å². The number of alkyl halides is 3. The van der Waals surface area contributed by atoms with Gasteiger partial charge in [-0.3, -0.25) is 15.6 Å². The second-order valence-corrected chi connectivity index (χ2v) is 6.06. The van der Waals surface area contributed by atoms with E-state index in [1.54, 1.807) is 18.2 Å². The van der Waals surface area contributed by atoms with Gasteiger partial charge in [-0.15, -0.1) is 0 Å². The zero-order valence-corrected chi connectivity index (χ0v) is 14.4. The SMILES string of the molecule is O=C(NNc1ccccc1C(F)(F)F)c1ccccc1OCC1CCCO1. The highest BCUT2D eigenvalue weighted by atomic mass is 19.4. The summed E-state index contributed by atoms with van der Waals surface area (Å²) in [6.45, 7) is 1.01. The van der Waals surface area contributed by atoms with Crippen LogP contribution in [0.15, 0.2) is 48.5 Å². The summed E-state index contributed by atoms with van der Waals surface area (Å²) in [5, 5.41) is 0. The molecule has 1 heterocycles. The number of nitrogens with one attached hydrogen (secondary N) is 2. The molecule has 2 aromatic carbocycles. The van der Waals surface area contributed by atoms with E-state index in [0.29, 0.717) is 19.0 Å². The van der Waals surface area contributed by atoms with Crippen molar-refractivity contribution in [2.45, 2.75) is 25.1 Å². The van der Waals surface area contributed by atoms with E-state index in [0.717, 1.165) is 18.9 Å². The minimum Gasteiger partial charge on any atom is -0.490 e. The molecule has 0 saturated carbocycles. The third-order valence-corrected chi connectivity index (χ3v) is 4.12. The summed E-state index contributed by atoms with van der Waals surface area (Å²) in [7, 11) is 0. The molecule has 1 saturated heterocycles. The fourth-order valence-corrected chi connectivity index (χ4v) is 2.77. The molecule has 0 radical (unpaired) electrons. The fraction of sp³-hybridized carbons (Fsp3) is 0.316. The lowest BCUT2D eigenvalue weighted by atomic mass is 10.1. The Kier molecular flexibility index (Phi) is 5.85. The second-order valence-electron chi connectivity index (χ2n) is 6.06. The average molecular weight is 380 g/mol. The third-order valence-electron chi connectivity index (χ3n) is 4.12. The quantitative estimate of drug-likeness (QED) is 0.744. The van der Waals surface area contributed by atoms with Crippen LogP contribution in [0.25, 0.3) is 0 Å². The average Bonchev–Trinajstić information content (AvgIpc) is 3.18. The number of hydrazine groups is 1. The molecule has 1 aliphatic heterocycles. The first-order valence-corrected chi connectivity index (χ1v) is 8.51. The van der Waals surface area contributed by atoms with Crippen LogP contribution < -0.4 is 15.6 Å². The highest BCUT2D eigenvalue weighted by Crippen LogP contribution is 2.34. The van der Waals surface area contributed by atoms with Crippen LogP contribution >= 0.6 is 0 Å². The van der Waals surface area contributed by atoms with Gasteiger partial charge in [0.15, 0.2) is 0 Å². The van der Waals surface area contributed by atoms with Crippen molar-refractivity contribution in [2.24, 2.45) is 0 Å².